The number of nitrogens with one attached hydrogen (secondary N) is 3. The van der Waals surface area contributed by atoms with Gasteiger partial charge in [0, 0.05) is 6.54 Å². The van der Waals surface area contributed by atoms with Gasteiger partial charge in [-0.15, -0.1) is 0 Å². The van der Waals surface area contributed by atoms with Gasteiger partial charge in [-0.1, -0.05) is 11.6 Å². The monoisotopic (exact) mass is 280 g/mol. The van der Waals surface area contributed by atoms with Crippen molar-refractivity contribution in [3.8, 4) is 0 Å². The van der Waals surface area contributed by atoms with Gasteiger partial charge in [0.2, 0.25) is 0 Å². The van der Waals surface area contributed by atoms with Crippen LogP contribution in [0.2, 0.25) is 0 Å². The molecule has 1 fully saturated rings. The smallest absolute Gasteiger partial charge is 0.278 e. The second kappa shape index (κ2) is 7.43. The number of allylic oxidation sites excluding steroid dienone is 1. The fraction of sp³-hybridized carbons (Fsp3) is 0.733. The van der Waals surface area contributed by atoms with E-state index in [9.17, 15) is 9.59 Å². The average Bonchev–Trinajstić information content (AvgIpc) is 2.47. The molecule has 0 aromatic carbocycles. The maximum Gasteiger partial charge on any atom is 0.278 e. The third kappa shape index (κ3) is 4.34. The van der Waals surface area contributed by atoms with Crippen molar-refractivity contribution in [1.82, 2.24) is 10.6 Å². The Hall–Kier alpha value is -1.36. The highest BCUT2D eigenvalue weighted by Gasteiger charge is 2.29. The largest absolute Gasteiger partial charge is 0.351 e. The zero-order valence-electron chi connectivity index (χ0n) is 12.3. The average molecular weight is 280 g/mol. The normalized spacial score (nSPS) is 24.6. The predicted octanol–water partition coefficient (Wildman–Crippen LogP) is -0.604. The second-order valence-corrected chi connectivity index (χ2v) is 5.81. The molecule has 2 rings (SSSR count). The van der Waals surface area contributed by atoms with Gasteiger partial charge in [0.15, 0.2) is 12.6 Å². The van der Waals surface area contributed by atoms with Crippen LogP contribution < -0.4 is 15.5 Å². The molecule has 20 heavy (non-hydrogen) atoms. The summed E-state index contributed by atoms with van der Waals surface area (Å²) in [6.07, 6.45) is 8.24. The Kier molecular flexibility index (Phi) is 5.59. The Bertz CT molecular complexity index is 393. The van der Waals surface area contributed by atoms with Crippen LogP contribution in [-0.2, 0) is 9.59 Å². The summed E-state index contributed by atoms with van der Waals surface area (Å²) >= 11 is 0. The predicted molar refractivity (Wildman–Crippen MR) is 77.3 cm³/mol. The third-order valence-electron chi connectivity index (χ3n) is 4.29. The molecular weight excluding hydrogens is 254 g/mol. The number of piperazine rings is 1. The van der Waals surface area contributed by atoms with Gasteiger partial charge in [0.1, 0.15) is 0 Å². The minimum atomic E-state index is -0.151. The van der Waals surface area contributed by atoms with E-state index >= 15 is 0 Å². The van der Waals surface area contributed by atoms with Gasteiger partial charge in [-0.2, -0.15) is 0 Å². The molecule has 0 saturated carbocycles. The van der Waals surface area contributed by atoms with Crippen molar-refractivity contribution < 1.29 is 14.5 Å². The highest BCUT2D eigenvalue weighted by Crippen LogP contribution is 2.19. The van der Waals surface area contributed by atoms with Crippen molar-refractivity contribution in [1.29, 1.82) is 0 Å². The van der Waals surface area contributed by atoms with Gasteiger partial charge >= 0.3 is 0 Å². The van der Waals surface area contributed by atoms with Crippen LogP contribution in [0.4, 0.5) is 0 Å². The molecule has 2 atom stereocenters. The number of amides is 2. The molecule has 2 amide bonds. The van der Waals surface area contributed by atoms with Crippen molar-refractivity contribution in [2.45, 2.75) is 45.1 Å². The van der Waals surface area contributed by atoms with Gasteiger partial charge < -0.3 is 15.5 Å². The molecule has 112 valence electrons. The molecule has 5 nitrogen and oxygen atoms in total. The molecule has 1 heterocycles. The molecule has 0 radical (unpaired) electrons. The number of quaternary nitrogens is 1. The zero-order valence-corrected chi connectivity index (χ0v) is 12.3. The van der Waals surface area contributed by atoms with E-state index < -0.39 is 0 Å². The van der Waals surface area contributed by atoms with Crippen LogP contribution in [0, 0.1) is 0 Å². The molecule has 0 bridgehead atoms. The summed E-state index contributed by atoms with van der Waals surface area (Å²) < 4.78 is 0. The first-order valence-corrected chi connectivity index (χ1v) is 7.73. The van der Waals surface area contributed by atoms with Gasteiger partial charge in [-0.3, -0.25) is 9.59 Å². The van der Waals surface area contributed by atoms with Crippen LogP contribution in [0.25, 0.3) is 0 Å². The van der Waals surface area contributed by atoms with Gasteiger partial charge in [0.25, 0.3) is 11.8 Å². The Morgan fingerprint density at radius 3 is 3.05 bits per heavy atom. The summed E-state index contributed by atoms with van der Waals surface area (Å²) in [5.41, 5.74) is 1.48. The number of rotatable bonds is 5. The number of carbonyl (C=O) groups is 2. The van der Waals surface area contributed by atoms with E-state index in [-0.39, 0.29) is 17.9 Å². The van der Waals surface area contributed by atoms with E-state index in [1.54, 1.807) is 0 Å². The van der Waals surface area contributed by atoms with E-state index in [0.29, 0.717) is 19.6 Å². The molecule has 1 saturated heterocycles. The lowest BCUT2D eigenvalue weighted by molar-refractivity contribution is -0.907. The van der Waals surface area contributed by atoms with Crippen LogP contribution in [0.15, 0.2) is 11.6 Å². The molecule has 3 N–H and O–H groups in total. The lowest BCUT2D eigenvalue weighted by atomic mass is 9.97. The van der Waals surface area contributed by atoms with Crippen molar-refractivity contribution in [2.24, 2.45) is 0 Å². The summed E-state index contributed by atoms with van der Waals surface area (Å²) in [5.74, 6) is 0.101. The Morgan fingerprint density at radius 1 is 1.50 bits per heavy atom. The highest BCUT2D eigenvalue weighted by molar-refractivity contribution is 5.81. The quantitative estimate of drug-likeness (QED) is 0.589. The topological polar surface area (TPSA) is 62.6 Å². The molecular formula is C15H26N3O2+. The van der Waals surface area contributed by atoms with Gasteiger partial charge in [-0.25, -0.2) is 0 Å². The Morgan fingerprint density at radius 2 is 2.35 bits per heavy atom. The first-order chi connectivity index (χ1) is 9.66. The SMILES string of the molecule is C[C@H](C(=O)NCCC1=CCCCC1)[NH+]1CCNC(=O)C1. The highest BCUT2D eigenvalue weighted by atomic mass is 16.2. The van der Waals surface area contributed by atoms with Crippen LogP contribution in [0.5, 0.6) is 0 Å². The van der Waals surface area contributed by atoms with E-state index in [1.165, 1.54) is 31.3 Å². The van der Waals surface area contributed by atoms with Crippen molar-refractivity contribution in [3.63, 3.8) is 0 Å². The zero-order chi connectivity index (χ0) is 14.4. The first kappa shape index (κ1) is 15.0. The van der Waals surface area contributed by atoms with E-state index in [1.807, 2.05) is 6.92 Å². The molecule has 5 heteroatoms. The third-order valence-corrected chi connectivity index (χ3v) is 4.29. The molecule has 0 spiro atoms. The van der Waals surface area contributed by atoms with E-state index in [0.717, 1.165) is 17.9 Å². The van der Waals surface area contributed by atoms with Crippen molar-refractivity contribution in [2.75, 3.05) is 26.2 Å². The molecule has 1 aliphatic carbocycles. The van der Waals surface area contributed by atoms with E-state index in [4.69, 9.17) is 0 Å². The second-order valence-electron chi connectivity index (χ2n) is 5.81. The maximum absolute atomic E-state index is 12.1. The van der Waals surface area contributed by atoms with Crippen molar-refractivity contribution in [3.05, 3.63) is 11.6 Å². The van der Waals surface area contributed by atoms with Crippen LogP contribution >= 0.6 is 0 Å². The summed E-state index contributed by atoms with van der Waals surface area (Å²) in [7, 11) is 0. The number of hydrogen-bond donors (Lipinski definition) is 3. The maximum atomic E-state index is 12.1. The number of carbonyl (C=O) groups excluding carboxylic acids is 2. The molecule has 2 aliphatic rings. The van der Waals surface area contributed by atoms with Crippen LogP contribution in [0.1, 0.15) is 39.0 Å². The summed E-state index contributed by atoms with van der Waals surface area (Å²) in [4.78, 5) is 24.5. The fourth-order valence-corrected chi connectivity index (χ4v) is 2.91. The van der Waals surface area contributed by atoms with Crippen LogP contribution in [0.3, 0.4) is 0 Å². The molecule has 0 aromatic rings. The fourth-order valence-electron chi connectivity index (χ4n) is 2.91. The molecule has 0 aromatic heterocycles. The molecule has 1 aliphatic heterocycles. The summed E-state index contributed by atoms with van der Waals surface area (Å²) in [5, 5.41) is 5.80. The first-order valence-electron chi connectivity index (χ1n) is 7.73. The molecule has 1 unspecified atom stereocenters. The lowest BCUT2D eigenvalue weighted by Gasteiger charge is -2.28. The minimum absolute atomic E-state index is 0.0401. The van der Waals surface area contributed by atoms with Gasteiger partial charge in [-0.05, 0) is 39.0 Å². The minimum Gasteiger partial charge on any atom is -0.351 e. The van der Waals surface area contributed by atoms with Crippen molar-refractivity contribution >= 4 is 11.8 Å². The number of hydrogen-bond acceptors (Lipinski definition) is 2. The van der Waals surface area contributed by atoms with E-state index in [2.05, 4.69) is 16.7 Å². The Labute approximate surface area is 120 Å². The summed E-state index contributed by atoms with van der Waals surface area (Å²) in [6, 6.07) is -0.151. The summed E-state index contributed by atoms with van der Waals surface area (Å²) in [6.45, 7) is 4.52. The standard InChI is InChI=1S/C15H25N3O2/c1-12(18-10-9-16-14(19)11-18)15(20)17-8-7-13-5-3-2-4-6-13/h5,12H,2-4,6-11H2,1H3,(H,16,19)(H,17,20)/p+1/t12-/m1/s1. The van der Waals surface area contributed by atoms with Crippen LogP contribution in [-0.4, -0.2) is 44.0 Å². The van der Waals surface area contributed by atoms with Gasteiger partial charge in [0.05, 0.1) is 13.1 Å². The lowest BCUT2D eigenvalue weighted by Crippen LogP contribution is -3.19. The Balaban J connectivity index is 1.70.